The monoisotopic (exact) mass is 1390 g/mol. The Morgan fingerprint density at radius 3 is 1.53 bits per heavy atom. The molecule has 2 unspecified atom stereocenters. The number of hydrogen-bond donors (Lipinski definition) is 7. The number of nitrogen functional groups attached to an aromatic ring is 1. The second-order valence-corrected chi connectivity index (χ2v) is 29.9. The van der Waals surface area contributed by atoms with Crippen LogP contribution in [-0.4, -0.2) is 160 Å². The molecule has 5 saturated heterocycles. The Labute approximate surface area is 563 Å². The molecule has 0 aromatic carbocycles. The lowest BCUT2D eigenvalue weighted by Gasteiger charge is -2.24. The summed E-state index contributed by atoms with van der Waals surface area (Å²) in [7, 11) is 0. The van der Waals surface area contributed by atoms with Crippen molar-refractivity contribution in [1.29, 1.82) is 0 Å². The summed E-state index contributed by atoms with van der Waals surface area (Å²) in [6.07, 6.45) is 17.1. The Morgan fingerprint density at radius 2 is 1.05 bits per heavy atom. The van der Waals surface area contributed by atoms with E-state index in [0.717, 1.165) is 187 Å². The fourth-order valence-corrected chi connectivity index (χ4v) is 15.8. The van der Waals surface area contributed by atoms with Crippen molar-refractivity contribution in [3.8, 4) is 31.7 Å². The molecule has 23 nitrogen and oxygen atoms in total. The van der Waals surface area contributed by atoms with Gasteiger partial charge in [-0.05, 0) is 158 Å². The number of fused-ring (bicyclic) bond motifs is 3. The summed E-state index contributed by atoms with van der Waals surface area (Å²) in [4.78, 5) is 57.7. The number of carbonyl (C=O) groups is 3. The van der Waals surface area contributed by atoms with E-state index in [-0.39, 0.29) is 41.3 Å². The van der Waals surface area contributed by atoms with Crippen molar-refractivity contribution in [2.24, 2.45) is 5.73 Å². The molecule has 2 atom stereocenters. The summed E-state index contributed by atoms with van der Waals surface area (Å²) in [5.41, 5.74) is 19.0. The predicted molar refractivity (Wildman–Crippen MR) is 379 cm³/mol. The van der Waals surface area contributed by atoms with Gasteiger partial charge in [-0.25, -0.2) is 24.3 Å². The quantitative estimate of drug-likeness (QED) is 0.0446. The van der Waals surface area contributed by atoms with Crippen LogP contribution in [0.4, 0.5) is 28.8 Å². The fourth-order valence-electron chi connectivity index (χ4n) is 11.9. The standard InChI is InChI=1S/C25H34N6O2S.C19H23BrN4OS.C16H18N6OS.C6H12N2O/c1-25(2,3)29-21-16-17(26-11-13-30-12-6-7-22(30)32)24-18(28-21)15-20(34-24)19-9-10-27-31(19)23-8-4-5-14-33-23;1-19(2,3)23-16-10-12(20)18-13(22-16)11-15(26-18)14-7-8-21-24(14)17-6-4-5-9-25-17;17-14-9-11(18-5-7-22-6-1-2-15(22)23)16-12(20-14)8-13(24-16)10-3-4-19-21-10;7-3-5-8-4-1-2-6(8)9/h9-10,15-16,23H,4-8,11-14H2,1-3H3,(H2,26,28,29);7-8,10-11,17H,4-6,9H2,1-3H3,(H,22,23);3-4,8-9H,1-2,5-7H2,(H,19,21)(H3,17,18,20);1-5,7H2. The highest BCUT2D eigenvalue weighted by atomic mass is 79.9. The average molecular weight is 1390 g/mol. The van der Waals surface area contributed by atoms with Gasteiger partial charge in [0.15, 0.2) is 12.5 Å². The Balaban J connectivity index is 0.000000135. The molecule has 9 aromatic rings. The minimum absolute atomic E-state index is 0.00867. The molecule has 14 heterocycles. The molecule has 0 spiro atoms. The molecule has 0 radical (unpaired) electrons. The van der Waals surface area contributed by atoms with Gasteiger partial charge in [0.1, 0.15) is 17.5 Å². The lowest BCUT2D eigenvalue weighted by Crippen LogP contribution is -2.30. The molecule has 5 aliphatic heterocycles. The Hall–Kier alpha value is -7.27. The molecule has 9 aromatic heterocycles. The maximum atomic E-state index is 12.0. The summed E-state index contributed by atoms with van der Waals surface area (Å²) in [6.45, 7) is 21.2. The van der Waals surface area contributed by atoms with Gasteiger partial charge in [-0.3, -0.25) is 19.5 Å². The third-order valence-corrected chi connectivity index (χ3v) is 20.6. The highest BCUT2D eigenvalue weighted by Crippen LogP contribution is 2.42. The number of rotatable bonds is 17. The number of aromatic amines is 1. The Bertz CT molecular complexity index is 3980. The molecule has 0 bridgehead atoms. The number of pyridine rings is 3. The van der Waals surface area contributed by atoms with Gasteiger partial charge in [-0.1, -0.05) is 0 Å². The lowest BCUT2D eigenvalue weighted by atomic mass is 10.1. The van der Waals surface area contributed by atoms with Crippen LogP contribution < -0.4 is 32.7 Å². The largest absolute Gasteiger partial charge is 0.384 e. The molecule has 3 amide bonds. The van der Waals surface area contributed by atoms with Crippen molar-refractivity contribution in [3.05, 3.63) is 77.7 Å². The third kappa shape index (κ3) is 17.4. The number of amides is 3. The first-order valence-electron chi connectivity index (χ1n) is 32.5. The minimum Gasteiger partial charge on any atom is -0.384 e. The topological polar surface area (TPSA) is 283 Å². The predicted octanol–water partition coefficient (Wildman–Crippen LogP) is 12.8. The van der Waals surface area contributed by atoms with E-state index in [1.165, 1.54) is 6.42 Å². The average Bonchev–Trinajstić information content (AvgIpc) is 1.67. The van der Waals surface area contributed by atoms with Gasteiger partial charge < -0.3 is 56.9 Å². The van der Waals surface area contributed by atoms with Crippen molar-refractivity contribution >= 4 is 127 Å². The smallest absolute Gasteiger partial charge is 0.222 e. The zero-order chi connectivity index (χ0) is 65.2. The number of carbonyl (C=O) groups excluding carboxylic acids is 3. The summed E-state index contributed by atoms with van der Waals surface area (Å²) in [6, 6.07) is 18.3. The van der Waals surface area contributed by atoms with E-state index in [1.54, 1.807) is 40.2 Å². The van der Waals surface area contributed by atoms with Crippen LogP contribution in [0.15, 0.2) is 77.7 Å². The summed E-state index contributed by atoms with van der Waals surface area (Å²) < 4.78 is 20.3. The van der Waals surface area contributed by atoms with Gasteiger partial charge in [0.05, 0.1) is 73.7 Å². The molecule has 14 rings (SSSR count). The molecule has 5 aliphatic rings. The van der Waals surface area contributed by atoms with Crippen LogP contribution in [0, 0.1) is 0 Å². The molecule has 27 heteroatoms. The molecule has 496 valence electrons. The van der Waals surface area contributed by atoms with Crippen LogP contribution >= 0.6 is 49.9 Å². The maximum absolute atomic E-state index is 12.0. The molecule has 9 N–H and O–H groups in total. The Morgan fingerprint density at radius 1 is 0.581 bits per heavy atom. The molecule has 93 heavy (non-hydrogen) atoms. The number of halogens is 1. The van der Waals surface area contributed by atoms with Crippen molar-refractivity contribution in [3.63, 3.8) is 0 Å². The number of nitrogens with one attached hydrogen (secondary N) is 5. The number of anilines is 5. The molecule has 0 saturated carbocycles. The number of thiophene rings is 3. The second kappa shape index (κ2) is 30.4. The van der Waals surface area contributed by atoms with Crippen molar-refractivity contribution in [2.75, 3.05) is 99.1 Å². The van der Waals surface area contributed by atoms with Crippen LogP contribution in [0.5, 0.6) is 0 Å². The molecular weight excluding hydrogens is 1300 g/mol. The van der Waals surface area contributed by atoms with Gasteiger partial charge in [0.25, 0.3) is 0 Å². The number of likely N-dealkylation sites (tertiary alicyclic amines) is 3. The van der Waals surface area contributed by atoms with Crippen LogP contribution in [0.1, 0.15) is 131 Å². The van der Waals surface area contributed by atoms with E-state index >= 15 is 0 Å². The second-order valence-electron chi connectivity index (χ2n) is 25.9. The number of H-pyrrole nitrogens is 1. The minimum atomic E-state index is -0.101. The summed E-state index contributed by atoms with van der Waals surface area (Å²) >= 11 is 8.80. The summed E-state index contributed by atoms with van der Waals surface area (Å²) in [5.74, 6) is 2.97. The van der Waals surface area contributed by atoms with E-state index in [1.807, 2.05) is 54.7 Å². The van der Waals surface area contributed by atoms with Crippen LogP contribution in [0.2, 0.25) is 0 Å². The molecular formula is C66H87BrN18O5S3. The van der Waals surface area contributed by atoms with Gasteiger partial charge in [-0.15, -0.1) is 34.0 Å². The normalized spacial score (nSPS) is 17.8. The maximum Gasteiger partial charge on any atom is 0.222 e. The van der Waals surface area contributed by atoms with E-state index < -0.39 is 0 Å². The first-order chi connectivity index (χ1) is 44.8. The SMILES string of the molecule is CC(C)(C)Nc1cc(Br)c2sc(-c3ccnn3C3CCCCO3)cc2n1.CC(C)(C)Nc1cc(NCCN2CCCC2=O)c2sc(-c3ccnn3C3CCCCO3)cc2n1.NCCN1CCCC1=O.Nc1cc(NCCN2CCCC2=O)c2sc(-c3ccn[nH]3)cc2n1. The van der Waals surface area contributed by atoms with E-state index in [9.17, 15) is 14.4 Å². The van der Waals surface area contributed by atoms with Crippen LogP contribution in [0.25, 0.3) is 62.4 Å². The van der Waals surface area contributed by atoms with Gasteiger partial charge in [0.2, 0.25) is 17.7 Å². The first-order valence-corrected chi connectivity index (χ1v) is 35.7. The van der Waals surface area contributed by atoms with E-state index in [0.29, 0.717) is 51.4 Å². The fraction of sp³-hybridized carbons (Fsp3) is 0.500. The number of ether oxygens (including phenoxy) is 2. The molecule has 0 aliphatic carbocycles. The van der Waals surface area contributed by atoms with Gasteiger partial charge >= 0.3 is 0 Å². The Kier molecular flexibility index (Phi) is 22.0. The third-order valence-electron chi connectivity index (χ3n) is 16.2. The van der Waals surface area contributed by atoms with E-state index in [4.69, 9.17) is 30.9 Å². The highest BCUT2D eigenvalue weighted by molar-refractivity contribution is 9.10. The van der Waals surface area contributed by atoms with Crippen LogP contribution in [-0.2, 0) is 23.9 Å². The zero-order valence-electron chi connectivity index (χ0n) is 54.1. The van der Waals surface area contributed by atoms with Crippen LogP contribution in [0.3, 0.4) is 0 Å². The number of nitrogens with zero attached hydrogens (tertiary/aromatic N) is 11. The highest BCUT2D eigenvalue weighted by Gasteiger charge is 2.26. The summed E-state index contributed by atoms with van der Waals surface area (Å²) in [5, 5.41) is 30.0. The first kappa shape index (κ1) is 67.2. The lowest BCUT2D eigenvalue weighted by molar-refractivity contribution is -0.128. The van der Waals surface area contributed by atoms with Gasteiger partial charge in [-0.2, -0.15) is 15.3 Å². The zero-order valence-corrected chi connectivity index (χ0v) is 58.1. The number of aromatic nitrogens is 9. The van der Waals surface area contributed by atoms with Crippen molar-refractivity contribution < 1.29 is 23.9 Å². The van der Waals surface area contributed by atoms with Crippen molar-refractivity contribution in [1.82, 2.24) is 59.4 Å². The molecule has 5 fully saturated rings. The van der Waals surface area contributed by atoms with E-state index in [2.05, 4.69) is 141 Å². The number of nitrogens with two attached hydrogens (primary N) is 2. The van der Waals surface area contributed by atoms with Gasteiger partial charge in [0, 0.05) is 138 Å². The van der Waals surface area contributed by atoms with Crippen molar-refractivity contribution in [2.45, 2.75) is 142 Å². The number of hydrogen-bond acceptors (Lipinski definition) is 20.